The molecule has 0 fully saturated rings. The van der Waals surface area contributed by atoms with Crippen LogP contribution in [0.4, 0.5) is 15.8 Å². The lowest BCUT2D eigenvalue weighted by Crippen LogP contribution is -2.30. The van der Waals surface area contributed by atoms with Crippen molar-refractivity contribution in [3.05, 3.63) is 79.6 Å². The Labute approximate surface area is 153 Å². The van der Waals surface area contributed by atoms with Crippen LogP contribution in [0.3, 0.4) is 0 Å². The number of benzene rings is 2. The second kappa shape index (κ2) is 6.00. The predicted molar refractivity (Wildman–Crippen MR) is 95.9 cm³/mol. The highest BCUT2D eigenvalue weighted by molar-refractivity contribution is 6.42. The number of nitrogens with zero attached hydrogens (tertiary/aromatic N) is 1. The molecule has 0 amide bonds. The summed E-state index contributed by atoms with van der Waals surface area (Å²) in [4.78, 5) is 11.0. The molecule has 4 rings (SSSR count). The van der Waals surface area contributed by atoms with E-state index in [1.54, 1.807) is 12.1 Å². The highest BCUT2D eigenvalue weighted by Gasteiger charge is 2.43. The molecule has 2 aromatic carbocycles. The van der Waals surface area contributed by atoms with Gasteiger partial charge in [-0.3, -0.25) is 10.1 Å². The highest BCUT2D eigenvalue weighted by atomic mass is 35.5. The standard InChI is InChI=1S/C18H13Cl2FN2O2/c19-12-6-2-5-11(16(12)20)17-10-4-1-3-9(10)15-14(23(24)25)8-7-13(21)18(15)22-17/h1-3,5-10,17,22H,4H2. The van der Waals surface area contributed by atoms with Gasteiger partial charge in [-0.15, -0.1) is 0 Å². The average molecular weight is 379 g/mol. The van der Waals surface area contributed by atoms with Crippen LogP contribution in [0.15, 0.2) is 42.5 Å². The maximum Gasteiger partial charge on any atom is 0.275 e. The van der Waals surface area contributed by atoms with Crippen LogP contribution in [0.2, 0.25) is 10.0 Å². The van der Waals surface area contributed by atoms with Crippen molar-refractivity contribution in [1.82, 2.24) is 0 Å². The highest BCUT2D eigenvalue weighted by Crippen LogP contribution is 2.54. The van der Waals surface area contributed by atoms with Crippen molar-refractivity contribution in [1.29, 1.82) is 0 Å². The molecule has 3 unspecified atom stereocenters. The summed E-state index contributed by atoms with van der Waals surface area (Å²) in [6.45, 7) is 0. The summed E-state index contributed by atoms with van der Waals surface area (Å²) in [7, 11) is 0. The zero-order valence-electron chi connectivity index (χ0n) is 12.9. The molecule has 0 bridgehead atoms. The van der Waals surface area contributed by atoms with E-state index >= 15 is 0 Å². The molecule has 1 heterocycles. The second-order valence-corrected chi connectivity index (χ2v) is 7.02. The first kappa shape index (κ1) is 16.4. The summed E-state index contributed by atoms with van der Waals surface area (Å²) in [6.07, 6.45) is 4.62. The van der Waals surface area contributed by atoms with Crippen molar-refractivity contribution in [2.45, 2.75) is 18.4 Å². The maximum absolute atomic E-state index is 14.5. The van der Waals surface area contributed by atoms with Gasteiger partial charge in [0, 0.05) is 12.0 Å². The molecule has 1 N–H and O–H groups in total. The molecule has 2 aliphatic rings. The lowest BCUT2D eigenvalue weighted by atomic mass is 9.76. The number of nitro benzene ring substituents is 1. The SMILES string of the molecule is O=[N+]([O-])c1ccc(F)c2c1C1C=CCC1C(c1cccc(Cl)c1Cl)N2. The van der Waals surface area contributed by atoms with Crippen LogP contribution in [-0.2, 0) is 0 Å². The van der Waals surface area contributed by atoms with Crippen LogP contribution in [-0.4, -0.2) is 4.92 Å². The summed E-state index contributed by atoms with van der Waals surface area (Å²) < 4.78 is 14.5. The molecule has 2 aromatic rings. The van der Waals surface area contributed by atoms with Gasteiger partial charge in [0.1, 0.15) is 5.82 Å². The molecule has 128 valence electrons. The smallest absolute Gasteiger partial charge is 0.275 e. The minimum Gasteiger partial charge on any atom is -0.375 e. The average Bonchev–Trinajstić information content (AvgIpc) is 3.07. The van der Waals surface area contributed by atoms with Crippen molar-refractivity contribution in [3.8, 4) is 0 Å². The van der Waals surface area contributed by atoms with E-state index in [1.807, 2.05) is 18.2 Å². The van der Waals surface area contributed by atoms with Gasteiger partial charge in [0.15, 0.2) is 0 Å². The van der Waals surface area contributed by atoms with Gasteiger partial charge in [-0.05, 0) is 30.0 Å². The van der Waals surface area contributed by atoms with Crippen LogP contribution in [0, 0.1) is 21.8 Å². The van der Waals surface area contributed by atoms with Crippen LogP contribution in [0.5, 0.6) is 0 Å². The number of rotatable bonds is 2. The van der Waals surface area contributed by atoms with E-state index in [0.29, 0.717) is 15.6 Å². The minimum atomic E-state index is -0.512. The Morgan fingerprint density at radius 1 is 1.24 bits per heavy atom. The third-order valence-electron chi connectivity index (χ3n) is 4.96. The summed E-state index contributed by atoms with van der Waals surface area (Å²) >= 11 is 12.5. The zero-order valence-corrected chi connectivity index (χ0v) is 14.4. The van der Waals surface area contributed by atoms with E-state index in [1.165, 1.54) is 6.07 Å². The van der Waals surface area contributed by atoms with E-state index in [2.05, 4.69) is 5.32 Å². The van der Waals surface area contributed by atoms with E-state index < -0.39 is 10.7 Å². The van der Waals surface area contributed by atoms with E-state index in [0.717, 1.165) is 18.1 Å². The van der Waals surface area contributed by atoms with E-state index in [9.17, 15) is 14.5 Å². The predicted octanol–water partition coefficient (Wildman–Crippen LogP) is 5.87. The first-order valence-corrected chi connectivity index (χ1v) is 8.58. The maximum atomic E-state index is 14.5. The minimum absolute atomic E-state index is 0.00367. The van der Waals surface area contributed by atoms with Gasteiger partial charge in [-0.25, -0.2) is 4.39 Å². The van der Waals surface area contributed by atoms with Crippen LogP contribution in [0.25, 0.3) is 0 Å². The Morgan fingerprint density at radius 2 is 2.04 bits per heavy atom. The fourth-order valence-corrected chi connectivity index (χ4v) is 4.31. The first-order valence-electron chi connectivity index (χ1n) is 7.83. The Bertz CT molecular complexity index is 916. The van der Waals surface area contributed by atoms with Crippen molar-refractivity contribution in [2.75, 3.05) is 5.32 Å². The topological polar surface area (TPSA) is 55.2 Å². The summed E-state index contributed by atoms with van der Waals surface area (Å²) in [5, 5.41) is 15.4. The molecule has 0 aromatic heterocycles. The normalized spacial score (nSPS) is 23.7. The van der Waals surface area contributed by atoms with Gasteiger partial charge in [0.2, 0.25) is 0 Å². The number of hydrogen-bond acceptors (Lipinski definition) is 3. The lowest BCUT2D eigenvalue weighted by molar-refractivity contribution is -0.385. The van der Waals surface area contributed by atoms with Gasteiger partial charge in [-0.2, -0.15) is 0 Å². The molecule has 25 heavy (non-hydrogen) atoms. The molecule has 0 saturated carbocycles. The third kappa shape index (κ3) is 2.50. The molecular weight excluding hydrogens is 366 g/mol. The molecule has 1 aliphatic heterocycles. The van der Waals surface area contributed by atoms with Gasteiger partial charge >= 0.3 is 0 Å². The molecule has 0 radical (unpaired) electrons. The summed E-state index contributed by atoms with van der Waals surface area (Å²) in [6, 6.07) is 7.41. The molecule has 3 atom stereocenters. The number of nitrogens with one attached hydrogen (secondary N) is 1. The Balaban J connectivity index is 1.90. The van der Waals surface area contributed by atoms with E-state index in [4.69, 9.17) is 23.2 Å². The monoisotopic (exact) mass is 378 g/mol. The number of nitro groups is 1. The summed E-state index contributed by atoms with van der Waals surface area (Å²) in [5.41, 5.74) is 1.27. The number of halogens is 3. The van der Waals surface area contributed by atoms with Crippen molar-refractivity contribution < 1.29 is 9.31 Å². The lowest BCUT2D eigenvalue weighted by Gasteiger charge is -2.37. The number of fused-ring (bicyclic) bond motifs is 3. The molecule has 7 heteroatoms. The molecule has 1 aliphatic carbocycles. The van der Waals surface area contributed by atoms with Crippen LogP contribution < -0.4 is 5.32 Å². The largest absolute Gasteiger partial charge is 0.375 e. The fraction of sp³-hybridized carbons (Fsp3) is 0.222. The van der Waals surface area contributed by atoms with Crippen LogP contribution >= 0.6 is 23.2 Å². The van der Waals surface area contributed by atoms with Crippen LogP contribution in [0.1, 0.15) is 29.5 Å². The Kier molecular flexibility index (Phi) is 3.93. The Hall–Kier alpha value is -2.11. The van der Waals surface area contributed by atoms with Gasteiger partial charge in [-0.1, -0.05) is 47.5 Å². The van der Waals surface area contributed by atoms with Gasteiger partial charge in [0.25, 0.3) is 5.69 Å². The molecule has 0 saturated heterocycles. The quantitative estimate of drug-likeness (QED) is 0.404. The second-order valence-electron chi connectivity index (χ2n) is 6.23. The number of allylic oxidation sites excluding steroid dienone is 2. The van der Waals surface area contributed by atoms with Crippen molar-refractivity contribution in [3.63, 3.8) is 0 Å². The Morgan fingerprint density at radius 3 is 2.80 bits per heavy atom. The third-order valence-corrected chi connectivity index (χ3v) is 5.79. The van der Waals surface area contributed by atoms with Gasteiger partial charge < -0.3 is 5.32 Å². The number of hydrogen-bond donors (Lipinski definition) is 1. The molecule has 4 nitrogen and oxygen atoms in total. The molecular formula is C18H13Cl2FN2O2. The first-order chi connectivity index (χ1) is 12.0. The van der Waals surface area contributed by atoms with Gasteiger partial charge in [0.05, 0.1) is 32.3 Å². The van der Waals surface area contributed by atoms with E-state index in [-0.39, 0.29) is 29.3 Å². The zero-order chi connectivity index (χ0) is 17.7. The number of anilines is 1. The van der Waals surface area contributed by atoms with Crippen molar-refractivity contribution >= 4 is 34.6 Å². The molecule has 0 spiro atoms. The van der Waals surface area contributed by atoms with Crippen molar-refractivity contribution in [2.24, 2.45) is 5.92 Å². The fourth-order valence-electron chi connectivity index (χ4n) is 3.88. The summed E-state index contributed by atoms with van der Waals surface area (Å²) in [5.74, 6) is -0.751.